The third-order valence-corrected chi connectivity index (χ3v) is 5.42. The number of guanidine groups is 1. The fourth-order valence-corrected chi connectivity index (χ4v) is 3.79. The molecule has 1 aliphatic heterocycles. The molecule has 2 N–H and O–H groups in total. The van der Waals surface area contributed by atoms with E-state index in [1.165, 1.54) is 32.1 Å². The molecule has 2 aliphatic rings. The van der Waals surface area contributed by atoms with Crippen molar-refractivity contribution in [1.82, 2.24) is 15.5 Å². The van der Waals surface area contributed by atoms with Gasteiger partial charge < -0.3 is 15.5 Å². The molecule has 0 aromatic rings. The molecule has 0 aromatic carbocycles. The van der Waals surface area contributed by atoms with E-state index in [9.17, 15) is 4.79 Å². The van der Waals surface area contributed by atoms with E-state index in [0.29, 0.717) is 25.0 Å². The third-order valence-electron chi connectivity index (χ3n) is 5.42. The second-order valence-electron chi connectivity index (χ2n) is 7.54. The third kappa shape index (κ3) is 5.99. The summed E-state index contributed by atoms with van der Waals surface area (Å²) in [4.78, 5) is 19.1. The lowest BCUT2D eigenvalue weighted by molar-refractivity contribution is -0.134. The lowest BCUT2D eigenvalue weighted by Gasteiger charge is -2.33. The highest BCUT2D eigenvalue weighted by atomic mass is 16.2. The molecule has 1 unspecified atom stereocenters. The second kappa shape index (κ2) is 9.90. The zero-order valence-electron chi connectivity index (χ0n) is 15.8. The molecule has 2 fully saturated rings. The lowest BCUT2D eigenvalue weighted by Crippen LogP contribution is -2.45. The van der Waals surface area contributed by atoms with Gasteiger partial charge in [0.15, 0.2) is 5.96 Å². The summed E-state index contributed by atoms with van der Waals surface area (Å²) in [7, 11) is 0. The van der Waals surface area contributed by atoms with Crippen LogP contribution in [0, 0.1) is 5.92 Å². The van der Waals surface area contributed by atoms with E-state index in [-0.39, 0.29) is 5.91 Å². The quantitative estimate of drug-likeness (QED) is 0.599. The van der Waals surface area contributed by atoms with Crippen LogP contribution in [-0.4, -0.2) is 48.5 Å². The van der Waals surface area contributed by atoms with Gasteiger partial charge in [0.1, 0.15) is 0 Å². The first-order valence-electron chi connectivity index (χ1n) is 9.94. The number of carbonyl (C=O) groups excluding carboxylic acids is 1. The second-order valence-corrected chi connectivity index (χ2v) is 7.54. The van der Waals surface area contributed by atoms with Crippen LogP contribution in [0.2, 0.25) is 0 Å². The number of rotatable bonds is 5. The number of piperidine rings is 1. The monoisotopic (exact) mass is 336 g/mol. The Bertz CT molecular complexity index is 416. The highest BCUT2D eigenvalue weighted by Crippen LogP contribution is 2.23. The number of hydrogen-bond acceptors (Lipinski definition) is 2. The predicted molar refractivity (Wildman–Crippen MR) is 100 cm³/mol. The SMILES string of the molecule is CCNC(=NCCC(=O)N1CCCCC1C)NC1CCC(C)CC1. The van der Waals surface area contributed by atoms with Crippen LogP contribution >= 0.6 is 0 Å². The van der Waals surface area contributed by atoms with Crippen molar-refractivity contribution >= 4 is 11.9 Å². The predicted octanol–water partition coefficient (Wildman–Crippen LogP) is 2.91. The van der Waals surface area contributed by atoms with Gasteiger partial charge in [0.25, 0.3) is 0 Å². The maximum atomic E-state index is 12.4. The molecule has 0 aromatic heterocycles. The van der Waals surface area contributed by atoms with Crippen molar-refractivity contribution in [1.29, 1.82) is 0 Å². The molecule has 1 saturated heterocycles. The van der Waals surface area contributed by atoms with E-state index in [1.807, 2.05) is 4.90 Å². The smallest absolute Gasteiger partial charge is 0.224 e. The molecular formula is C19H36N4O. The molecule has 2 rings (SSSR count). The van der Waals surface area contributed by atoms with Gasteiger partial charge in [-0.15, -0.1) is 0 Å². The van der Waals surface area contributed by atoms with Crippen LogP contribution in [0.4, 0.5) is 0 Å². The highest BCUT2D eigenvalue weighted by molar-refractivity contribution is 5.81. The van der Waals surface area contributed by atoms with Crippen LogP contribution in [-0.2, 0) is 4.79 Å². The lowest BCUT2D eigenvalue weighted by atomic mass is 9.87. The van der Waals surface area contributed by atoms with E-state index in [4.69, 9.17) is 0 Å². The van der Waals surface area contributed by atoms with Crippen molar-refractivity contribution < 1.29 is 4.79 Å². The van der Waals surface area contributed by atoms with E-state index in [1.54, 1.807) is 0 Å². The minimum Gasteiger partial charge on any atom is -0.357 e. The van der Waals surface area contributed by atoms with E-state index >= 15 is 0 Å². The van der Waals surface area contributed by atoms with Gasteiger partial charge in [-0.25, -0.2) is 0 Å². The molecule has 5 nitrogen and oxygen atoms in total. The van der Waals surface area contributed by atoms with Gasteiger partial charge in [0.05, 0.1) is 6.54 Å². The molecule has 1 heterocycles. The summed E-state index contributed by atoms with van der Waals surface area (Å²) in [6, 6.07) is 0.919. The van der Waals surface area contributed by atoms with E-state index in [0.717, 1.165) is 37.8 Å². The molecule has 0 spiro atoms. The van der Waals surface area contributed by atoms with Gasteiger partial charge in [-0.3, -0.25) is 9.79 Å². The molecule has 5 heteroatoms. The normalized spacial score (nSPS) is 28.5. The maximum Gasteiger partial charge on any atom is 0.224 e. The molecule has 0 radical (unpaired) electrons. The molecule has 1 saturated carbocycles. The fraction of sp³-hybridized carbons (Fsp3) is 0.895. The summed E-state index contributed by atoms with van der Waals surface area (Å²) in [6.07, 6.45) is 9.07. The first-order chi connectivity index (χ1) is 11.6. The Morgan fingerprint density at radius 2 is 1.88 bits per heavy atom. The van der Waals surface area contributed by atoms with Crippen LogP contribution in [0.3, 0.4) is 0 Å². The Kier molecular flexibility index (Phi) is 7.86. The van der Waals surface area contributed by atoms with Gasteiger partial charge in [-0.05, 0) is 64.7 Å². The first kappa shape index (κ1) is 19.1. The van der Waals surface area contributed by atoms with E-state index in [2.05, 4.69) is 36.4 Å². The standard InChI is InChI=1S/C19H36N4O/c1-4-20-19(22-17-10-8-15(2)9-11-17)21-13-12-18(24)23-14-6-5-7-16(23)3/h15-17H,4-14H2,1-3H3,(H2,20,21,22). The number of aliphatic imine (C=N–C) groups is 1. The van der Waals surface area contributed by atoms with Crippen molar-refractivity contribution in [3.63, 3.8) is 0 Å². The zero-order valence-corrected chi connectivity index (χ0v) is 15.8. The summed E-state index contributed by atoms with van der Waals surface area (Å²) < 4.78 is 0. The van der Waals surface area contributed by atoms with Crippen molar-refractivity contribution in [3.05, 3.63) is 0 Å². The first-order valence-corrected chi connectivity index (χ1v) is 9.94. The summed E-state index contributed by atoms with van der Waals surface area (Å²) in [6.45, 7) is 8.92. The Labute approximate surface area is 147 Å². The Morgan fingerprint density at radius 3 is 2.54 bits per heavy atom. The number of hydrogen-bond donors (Lipinski definition) is 2. The number of nitrogens with zero attached hydrogens (tertiary/aromatic N) is 2. The average molecular weight is 337 g/mol. The minimum atomic E-state index is 0.258. The molecule has 24 heavy (non-hydrogen) atoms. The largest absolute Gasteiger partial charge is 0.357 e. The Balaban J connectivity index is 1.78. The van der Waals surface area contributed by atoms with Crippen LogP contribution in [0.15, 0.2) is 4.99 Å². The Hall–Kier alpha value is -1.26. The van der Waals surface area contributed by atoms with Crippen LogP contribution < -0.4 is 10.6 Å². The summed E-state index contributed by atoms with van der Waals surface area (Å²) in [5.41, 5.74) is 0. The average Bonchev–Trinajstić information content (AvgIpc) is 2.57. The van der Waals surface area contributed by atoms with Crippen LogP contribution in [0.1, 0.15) is 72.1 Å². The zero-order chi connectivity index (χ0) is 17.4. The van der Waals surface area contributed by atoms with Gasteiger partial charge >= 0.3 is 0 Å². The highest BCUT2D eigenvalue weighted by Gasteiger charge is 2.22. The van der Waals surface area contributed by atoms with Crippen molar-refractivity contribution in [2.24, 2.45) is 10.9 Å². The topological polar surface area (TPSA) is 56.7 Å². The van der Waals surface area contributed by atoms with E-state index < -0.39 is 0 Å². The number of carbonyl (C=O) groups is 1. The molecule has 1 amide bonds. The fourth-order valence-electron chi connectivity index (χ4n) is 3.79. The minimum absolute atomic E-state index is 0.258. The summed E-state index contributed by atoms with van der Waals surface area (Å²) >= 11 is 0. The number of nitrogens with one attached hydrogen (secondary N) is 2. The van der Waals surface area contributed by atoms with Crippen molar-refractivity contribution in [2.45, 2.75) is 84.2 Å². The molecular weight excluding hydrogens is 300 g/mol. The summed E-state index contributed by atoms with van der Waals surface area (Å²) in [5, 5.41) is 6.87. The van der Waals surface area contributed by atoms with Crippen LogP contribution in [0.25, 0.3) is 0 Å². The van der Waals surface area contributed by atoms with Gasteiger partial charge in [-0.2, -0.15) is 0 Å². The Morgan fingerprint density at radius 1 is 1.12 bits per heavy atom. The van der Waals surface area contributed by atoms with Crippen molar-refractivity contribution in [3.8, 4) is 0 Å². The summed E-state index contributed by atoms with van der Waals surface area (Å²) in [5.74, 6) is 1.98. The number of amides is 1. The van der Waals surface area contributed by atoms with Crippen LogP contribution in [0.5, 0.6) is 0 Å². The maximum absolute atomic E-state index is 12.4. The van der Waals surface area contributed by atoms with Gasteiger partial charge in [0.2, 0.25) is 5.91 Å². The van der Waals surface area contributed by atoms with Gasteiger partial charge in [0, 0.05) is 31.6 Å². The molecule has 1 atom stereocenters. The molecule has 0 bridgehead atoms. The molecule has 138 valence electrons. The van der Waals surface area contributed by atoms with Crippen molar-refractivity contribution in [2.75, 3.05) is 19.6 Å². The molecule has 1 aliphatic carbocycles. The number of likely N-dealkylation sites (tertiary alicyclic amines) is 1. The van der Waals surface area contributed by atoms with Gasteiger partial charge in [-0.1, -0.05) is 6.92 Å².